The Morgan fingerprint density at radius 3 is 2.35 bits per heavy atom. The van der Waals surface area contributed by atoms with Gasteiger partial charge in [-0.3, -0.25) is 0 Å². The lowest BCUT2D eigenvalue weighted by molar-refractivity contribution is 0.304. The summed E-state index contributed by atoms with van der Waals surface area (Å²) >= 11 is 7.34. The molecule has 0 heterocycles. The van der Waals surface area contributed by atoms with Gasteiger partial charge in [0.1, 0.15) is 5.75 Å². The summed E-state index contributed by atoms with van der Waals surface area (Å²) < 4.78 is 8.10. The van der Waals surface area contributed by atoms with Gasteiger partial charge in [0.2, 0.25) is 0 Å². The number of hydrogen-bond donors (Lipinski definition) is 0. The molecule has 0 radical (unpaired) electrons. The van der Waals surface area contributed by atoms with E-state index in [1.54, 1.807) is 0 Å². The molecule has 0 saturated carbocycles. The van der Waals surface area contributed by atoms with Crippen molar-refractivity contribution in [3.63, 3.8) is 0 Å². The maximum absolute atomic E-state index is 5.90. The van der Waals surface area contributed by atoms with Crippen LogP contribution in [-0.4, -0.2) is 6.61 Å². The van der Waals surface area contributed by atoms with Gasteiger partial charge in [0.15, 0.2) is 0 Å². The number of halogens is 2. The van der Waals surface area contributed by atoms with Crippen LogP contribution in [0.15, 0.2) is 33.2 Å². The molecule has 1 nitrogen and oxygen atoms in total. The van der Waals surface area contributed by atoms with E-state index in [1.807, 2.05) is 0 Å². The molecule has 2 aromatic rings. The molecule has 108 valence electrons. The van der Waals surface area contributed by atoms with Crippen molar-refractivity contribution in [2.24, 2.45) is 0 Å². The van der Waals surface area contributed by atoms with Crippen LogP contribution < -0.4 is 4.74 Å². The monoisotopic (exact) mass is 398 g/mol. The first-order chi connectivity index (χ1) is 9.65. The lowest BCUT2D eigenvalue weighted by Gasteiger charge is -2.12. The van der Waals surface area contributed by atoms with Crippen LogP contribution in [0.3, 0.4) is 0 Å². The summed E-state index contributed by atoms with van der Waals surface area (Å²) in [5.41, 5.74) is 1.25. The Labute approximate surface area is 138 Å². The molecule has 0 N–H and O–H groups in total. The van der Waals surface area contributed by atoms with Crippen LogP contribution in [0.2, 0.25) is 0 Å². The second kappa shape index (κ2) is 7.46. The predicted octanol–water partition coefficient (Wildman–Crippen LogP) is 6.63. The third-order valence-corrected chi connectivity index (χ3v) is 5.35. The molecule has 0 atom stereocenters. The smallest absolute Gasteiger partial charge is 0.134 e. The maximum Gasteiger partial charge on any atom is 0.134 e. The number of hydrogen-bond acceptors (Lipinski definition) is 1. The Bertz CT molecular complexity index is 593. The first kappa shape index (κ1) is 15.8. The van der Waals surface area contributed by atoms with Crippen LogP contribution >= 0.6 is 31.9 Å². The summed E-state index contributed by atoms with van der Waals surface area (Å²) in [5.74, 6) is 0.935. The van der Waals surface area contributed by atoms with Gasteiger partial charge in [-0.15, -0.1) is 0 Å². The van der Waals surface area contributed by atoms with E-state index in [2.05, 4.69) is 70.0 Å². The molecular weight excluding hydrogens is 380 g/mol. The number of rotatable bonds is 6. The molecule has 3 heteroatoms. The van der Waals surface area contributed by atoms with Crippen LogP contribution in [-0.2, 0) is 0 Å². The summed E-state index contributed by atoms with van der Waals surface area (Å²) in [7, 11) is 0. The highest BCUT2D eigenvalue weighted by Crippen LogP contribution is 2.37. The van der Waals surface area contributed by atoms with Gasteiger partial charge in [-0.1, -0.05) is 38.3 Å². The van der Waals surface area contributed by atoms with Gasteiger partial charge < -0.3 is 4.74 Å². The van der Waals surface area contributed by atoms with Gasteiger partial charge in [-0.05, 0) is 68.3 Å². The molecule has 0 saturated heterocycles. The van der Waals surface area contributed by atoms with Crippen LogP contribution in [0.4, 0.5) is 0 Å². The van der Waals surface area contributed by atoms with E-state index >= 15 is 0 Å². The number of benzene rings is 2. The topological polar surface area (TPSA) is 9.23 Å². The molecule has 0 unspecified atom stereocenters. The fourth-order valence-corrected chi connectivity index (χ4v) is 3.31. The van der Waals surface area contributed by atoms with Crippen molar-refractivity contribution in [2.45, 2.75) is 39.5 Å². The van der Waals surface area contributed by atoms with Gasteiger partial charge in [0, 0.05) is 9.86 Å². The van der Waals surface area contributed by atoms with Crippen LogP contribution in [0.5, 0.6) is 5.75 Å². The minimum absolute atomic E-state index is 0.789. The lowest BCUT2D eigenvalue weighted by Crippen LogP contribution is -1.98. The van der Waals surface area contributed by atoms with E-state index in [0.717, 1.165) is 27.7 Å². The van der Waals surface area contributed by atoms with E-state index in [0.29, 0.717) is 0 Å². The number of unbranched alkanes of at least 4 members (excludes halogenated alkanes) is 3. The molecule has 0 aliphatic heterocycles. The first-order valence-corrected chi connectivity index (χ1v) is 8.74. The molecular formula is C17H20Br2O. The number of fused-ring (bicyclic) bond motifs is 1. The molecule has 0 bridgehead atoms. The lowest BCUT2D eigenvalue weighted by atomic mass is 10.1. The molecule has 20 heavy (non-hydrogen) atoms. The molecule has 0 aromatic heterocycles. The van der Waals surface area contributed by atoms with Gasteiger partial charge in [0.05, 0.1) is 11.1 Å². The Morgan fingerprint density at radius 2 is 1.60 bits per heavy atom. The van der Waals surface area contributed by atoms with Crippen molar-refractivity contribution in [1.82, 2.24) is 0 Å². The highest BCUT2D eigenvalue weighted by atomic mass is 79.9. The first-order valence-electron chi connectivity index (χ1n) is 7.15. The highest BCUT2D eigenvalue weighted by Gasteiger charge is 2.09. The van der Waals surface area contributed by atoms with Gasteiger partial charge in [-0.25, -0.2) is 0 Å². The number of aryl methyl sites for hydroxylation is 1. The second-order valence-corrected chi connectivity index (χ2v) is 6.66. The Morgan fingerprint density at radius 1 is 0.900 bits per heavy atom. The summed E-state index contributed by atoms with van der Waals surface area (Å²) in [6.45, 7) is 5.12. The Kier molecular flexibility index (Phi) is 5.91. The molecule has 0 spiro atoms. The molecule has 0 aliphatic rings. The average molecular weight is 400 g/mol. The van der Waals surface area contributed by atoms with E-state index in [1.165, 1.54) is 35.6 Å². The molecule has 2 aromatic carbocycles. The zero-order valence-corrected chi connectivity index (χ0v) is 15.2. The van der Waals surface area contributed by atoms with Crippen LogP contribution in [0.25, 0.3) is 10.8 Å². The molecule has 0 aliphatic carbocycles. The standard InChI is InChI=1S/C17H20Br2O/c1-3-4-5-6-11-20-15-10-9-13-14(17(15)19)8-7-12(2)16(13)18/h7-10H,3-6,11H2,1-2H3. The largest absolute Gasteiger partial charge is 0.492 e. The van der Waals surface area contributed by atoms with Crippen LogP contribution in [0.1, 0.15) is 38.2 Å². The number of ether oxygens (including phenoxy) is 1. The van der Waals surface area contributed by atoms with Crippen molar-refractivity contribution >= 4 is 42.6 Å². The van der Waals surface area contributed by atoms with Crippen molar-refractivity contribution in [3.05, 3.63) is 38.8 Å². The normalized spacial score (nSPS) is 11.0. The van der Waals surface area contributed by atoms with Gasteiger partial charge >= 0.3 is 0 Å². The van der Waals surface area contributed by atoms with Gasteiger partial charge in [-0.2, -0.15) is 0 Å². The Balaban J connectivity index is 2.16. The van der Waals surface area contributed by atoms with E-state index in [-0.39, 0.29) is 0 Å². The quantitative estimate of drug-likeness (QED) is 0.495. The van der Waals surface area contributed by atoms with Crippen molar-refractivity contribution < 1.29 is 4.74 Å². The summed E-state index contributed by atoms with van der Waals surface area (Å²) in [4.78, 5) is 0. The third-order valence-electron chi connectivity index (χ3n) is 3.48. The SMILES string of the molecule is CCCCCCOc1ccc2c(Br)c(C)ccc2c1Br. The van der Waals surface area contributed by atoms with Crippen molar-refractivity contribution in [3.8, 4) is 5.75 Å². The minimum atomic E-state index is 0.789. The molecule has 0 fully saturated rings. The molecule has 2 rings (SSSR count). The summed E-state index contributed by atoms with van der Waals surface area (Å²) in [5, 5.41) is 2.41. The third kappa shape index (κ3) is 3.56. The predicted molar refractivity (Wildman–Crippen MR) is 93.7 cm³/mol. The summed E-state index contributed by atoms with van der Waals surface area (Å²) in [6.07, 6.45) is 4.91. The average Bonchev–Trinajstić information content (AvgIpc) is 2.45. The van der Waals surface area contributed by atoms with Gasteiger partial charge in [0.25, 0.3) is 0 Å². The van der Waals surface area contributed by atoms with E-state index < -0.39 is 0 Å². The zero-order valence-electron chi connectivity index (χ0n) is 12.0. The van der Waals surface area contributed by atoms with Crippen LogP contribution in [0, 0.1) is 6.92 Å². The van der Waals surface area contributed by atoms with E-state index in [4.69, 9.17) is 4.74 Å². The zero-order chi connectivity index (χ0) is 14.5. The summed E-state index contributed by atoms with van der Waals surface area (Å²) in [6, 6.07) is 8.45. The van der Waals surface area contributed by atoms with Crippen molar-refractivity contribution in [1.29, 1.82) is 0 Å². The molecule has 0 amide bonds. The van der Waals surface area contributed by atoms with E-state index in [9.17, 15) is 0 Å². The second-order valence-electron chi connectivity index (χ2n) is 5.08. The highest BCUT2D eigenvalue weighted by molar-refractivity contribution is 9.11. The maximum atomic E-state index is 5.90. The minimum Gasteiger partial charge on any atom is -0.492 e. The van der Waals surface area contributed by atoms with Crippen molar-refractivity contribution in [2.75, 3.05) is 6.61 Å². The Hall–Kier alpha value is -0.540. The fourth-order valence-electron chi connectivity index (χ4n) is 2.24. The fraction of sp³-hybridized carbons (Fsp3) is 0.412.